The maximum Gasteiger partial charge on any atom is 0.115 e. The van der Waals surface area contributed by atoms with Crippen molar-refractivity contribution in [2.24, 2.45) is 0 Å². The molecular weight excluding hydrogens is 244 g/mol. The number of aromatic hydroxyl groups is 1. The monoisotopic (exact) mass is 260 g/mol. The SMILES string of the molecule is Cc1cccc(C(CCl)Cc2ccc(O)cc2)c1. The first-order valence-corrected chi connectivity index (χ1v) is 6.63. The van der Waals surface area contributed by atoms with E-state index in [1.807, 2.05) is 12.1 Å². The number of hydrogen-bond acceptors (Lipinski definition) is 1. The van der Waals surface area contributed by atoms with Crippen molar-refractivity contribution in [1.82, 2.24) is 0 Å². The molecule has 18 heavy (non-hydrogen) atoms. The van der Waals surface area contributed by atoms with E-state index in [-0.39, 0.29) is 0 Å². The molecule has 0 heterocycles. The van der Waals surface area contributed by atoms with E-state index in [1.165, 1.54) is 16.7 Å². The molecule has 0 spiro atoms. The molecule has 0 aliphatic rings. The van der Waals surface area contributed by atoms with Crippen molar-refractivity contribution in [1.29, 1.82) is 0 Å². The second kappa shape index (κ2) is 5.92. The van der Waals surface area contributed by atoms with Crippen LogP contribution in [0.4, 0.5) is 0 Å². The highest BCUT2D eigenvalue weighted by Crippen LogP contribution is 2.24. The van der Waals surface area contributed by atoms with Crippen LogP contribution in [0.5, 0.6) is 5.75 Å². The van der Waals surface area contributed by atoms with E-state index in [1.54, 1.807) is 12.1 Å². The predicted molar refractivity (Wildman–Crippen MR) is 76.5 cm³/mol. The van der Waals surface area contributed by atoms with Gasteiger partial charge in [-0.2, -0.15) is 0 Å². The van der Waals surface area contributed by atoms with Gasteiger partial charge >= 0.3 is 0 Å². The van der Waals surface area contributed by atoms with Gasteiger partial charge in [0.25, 0.3) is 0 Å². The summed E-state index contributed by atoms with van der Waals surface area (Å²) in [6.07, 6.45) is 0.896. The summed E-state index contributed by atoms with van der Waals surface area (Å²) in [5.41, 5.74) is 3.73. The molecule has 0 aromatic heterocycles. The van der Waals surface area contributed by atoms with E-state index in [2.05, 4.69) is 31.2 Å². The molecule has 0 aliphatic carbocycles. The zero-order valence-corrected chi connectivity index (χ0v) is 11.2. The van der Waals surface area contributed by atoms with Crippen LogP contribution in [0.2, 0.25) is 0 Å². The predicted octanol–water partition coefficient (Wildman–Crippen LogP) is 4.27. The number of hydrogen-bond donors (Lipinski definition) is 1. The molecular formula is C16H17ClO. The number of aryl methyl sites for hydroxylation is 1. The highest BCUT2D eigenvalue weighted by molar-refractivity contribution is 6.18. The molecule has 0 aliphatic heterocycles. The highest BCUT2D eigenvalue weighted by atomic mass is 35.5. The minimum atomic E-state index is 0.303. The third-order valence-electron chi connectivity index (χ3n) is 3.12. The van der Waals surface area contributed by atoms with E-state index in [0.717, 1.165) is 6.42 Å². The Morgan fingerprint density at radius 1 is 1.11 bits per heavy atom. The lowest BCUT2D eigenvalue weighted by atomic mass is 9.92. The lowest BCUT2D eigenvalue weighted by molar-refractivity contribution is 0.475. The third-order valence-corrected chi connectivity index (χ3v) is 3.49. The van der Waals surface area contributed by atoms with Crippen LogP contribution in [0, 0.1) is 6.92 Å². The Balaban J connectivity index is 2.17. The standard InChI is InChI=1S/C16H17ClO/c1-12-3-2-4-14(9-12)15(11-17)10-13-5-7-16(18)8-6-13/h2-9,15,18H,10-11H2,1H3. The molecule has 1 N–H and O–H groups in total. The first kappa shape index (κ1) is 13.0. The molecule has 2 heteroatoms. The van der Waals surface area contributed by atoms with Crippen LogP contribution in [-0.2, 0) is 6.42 Å². The normalized spacial score (nSPS) is 12.3. The summed E-state index contributed by atoms with van der Waals surface area (Å²) >= 11 is 6.09. The topological polar surface area (TPSA) is 20.2 Å². The van der Waals surface area contributed by atoms with Crippen molar-refractivity contribution < 1.29 is 5.11 Å². The summed E-state index contributed by atoms with van der Waals surface area (Å²) < 4.78 is 0. The Kier molecular flexibility index (Phi) is 4.27. The highest BCUT2D eigenvalue weighted by Gasteiger charge is 2.11. The lowest BCUT2D eigenvalue weighted by Gasteiger charge is -2.15. The van der Waals surface area contributed by atoms with Gasteiger partial charge in [-0.1, -0.05) is 42.0 Å². The first-order chi connectivity index (χ1) is 8.69. The fourth-order valence-electron chi connectivity index (χ4n) is 2.10. The van der Waals surface area contributed by atoms with Crippen molar-refractivity contribution >= 4 is 11.6 Å². The van der Waals surface area contributed by atoms with Gasteiger partial charge in [0, 0.05) is 11.8 Å². The molecule has 0 saturated heterocycles. The van der Waals surface area contributed by atoms with E-state index in [4.69, 9.17) is 11.6 Å². The lowest BCUT2D eigenvalue weighted by Crippen LogP contribution is -2.04. The smallest absolute Gasteiger partial charge is 0.115 e. The van der Waals surface area contributed by atoms with Crippen molar-refractivity contribution in [3.8, 4) is 5.75 Å². The van der Waals surface area contributed by atoms with Crippen molar-refractivity contribution in [2.75, 3.05) is 5.88 Å². The molecule has 2 aromatic carbocycles. The molecule has 1 nitrogen and oxygen atoms in total. The van der Waals surface area contributed by atoms with Gasteiger partial charge in [-0.15, -0.1) is 11.6 Å². The van der Waals surface area contributed by atoms with Crippen LogP contribution in [0.25, 0.3) is 0 Å². The molecule has 2 rings (SSSR count). The first-order valence-electron chi connectivity index (χ1n) is 6.09. The van der Waals surface area contributed by atoms with Crippen LogP contribution < -0.4 is 0 Å². The number of phenolic OH excluding ortho intramolecular Hbond substituents is 1. The molecule has 0 radical (unpaired) electrons. The van der Waals surface area contributed by atoms with E-state index in [0.29, 0.717) is 17.5 Å². The molecule has 0 fully saturated rings. The Bertz CT molecular complexity index is 505. The second-order valence-electron chi connectivity index (χ2n) is 4.64. The van der Waals surface area contributed by atoms with Gasteiger partial charge in [-0.05, 0) is 36.6 Å². The van der Waals surface area contributed by atoms with Crippen molar-refractivity contribution in [2.45, 2.75) is 19.3 Å². The molecule has 0 bridgehead atoms. The Morgan fingerprint density at radius 2 is 1.83 bits per heavy atom. The van der Waals surface area contributed by atoms with Crippen LogP contribution in [0.15, 0.2) is 48.5 Å². The molecule has 0 saturated carbocycles. The fourth-order valence-corrected chi connectivity index (χ4v) is 2.39. The average Bonchev–Trinajstić information content (AvgIpc) is 2.38. The van der Waals surface area contributed by atoms with Gasteiger partial charge in [0.1, 0.15) is 5.75 Å². The molecule has 1 atom stereocenters. The van der Waals surface area contributed by atoms with Gasteiger partial charge in [0.05, 0.1) is 0 Å². The minimum absolute atomic E-state index is 0.303. The summed E-state index contributed by atoms with van der Waals surface area (Å²) in [6.45, 7) is 2.09. The van der Waals surface area contributed by atoms with E-state index >= 15 is 0 Å². The summed E-state index contributed by atoms with van der Waals surface area (Å²) in [5, 5.41) is 9.28. The average molecular weight is 261 g/mol. The molecule has 2 aromatic rings. The summed E-state index contributed by atoms with van der Waals surface area (Å²) in [4.78, 5) is 0. The summed E-state index contributed by atoms with van der Waals surface area (Å²) in [5.74, 6) is 1.22. The van der Waals surface area contributed by atoms with Crippen LogP contribution in [0.1, 0.15) is 22.6 Å². The summed E-state index contributed by atoms with van der Waals surface area (Å²) in [6, 6.07) is 15.8. The van der Waals surface area contributed by atoms with Crippen LogP contribution >= 0.6 is 11.6 Å². The maximum absolute atomic E-state index is 9.28. The van der Waals surface area contributed by atoms with Crippen LogP contribution in [0.3, 0.4) is 0 Å². The van der Waals surface area contributed by atoms with Crippen LogP contribution in [-0.4, -0.2) is 11.0 Å². The quantitative estimate of drug-likeness (QED) is 0.814. The number of alkyl halides is 1. The van der Waals surface area contributed by atoms with Gasteiger partial charge < -0.3 is 5.11 Å². The van der Waals surface area contributed by atoms with Crippen molar-refractivity contribution in [3.63, 3.8) is 0 Å². The molecule has 94 valence electrons. The Morgan fingerprint density at radius 3 is 2.44 bits per heavy atom. The zero-order valence-electron chi connectivity index (χ0n) is 10.4. The second-order valence-corrected chi connectivity index (χ2v) is 4.94. The fraction of sp³-hybridized carbons (Fsp3) is 0.250. The summed E-state index contributed by atoms with van der Waals surface area (Å²) in [7, 11) is 0. The Labute approximate surface area is 113 Å². The van der Waals surface area contributed by atoms with E-state index < -0.39 is 0 Å². The van der Waals surface area contributed by atoms with Gasteiger partial charge in [0.2, 0.25) is 0 Å². The largest absolute Gasteiger partial charge is 0.508 e. The number of benzene rings is 2. The third kappa shape index (κ3) is 3.27. The molecule has 1 unspecified atom stereocenters. The van der Waals surface area contributed by atoms with E-state index in [9.17, 15) is 5.11 Å². The number of rotatable bonds is 4. The van der Waals surface area contributed by atoms with Gasteiger partial charge in [-0.3, -0.25) is 0 Å². The Hall–Kier alpha value is -1.47. The minimum Gasteiger partial charge on any atom is -0.508 e. The number of phenols is 1. The number of halogens is 1. The zero-order chi connectivity index (χ0) is 13.0. The van der Waals surface area contributed by atoms with Gasteiger partial charge in [0.15, 0.2) is 0 Å². The maximum atomic E-state index is 9.28. The van der Waals surface area contributed by atoms with Gasteiger partial charge in [-0.25, -0.2) is 0 Å². The molecule has 0 amide bonds. The van der Waals surface area contributed by atoms with Crippen molar-refractivity contribution in [3.05, 3.63) is 65.2 Å².